The van der Waals surface area contributed by atoms with Crippen LogP contribution in [0.1, 0.15) is 23.0 Å². The highest BCUT2D eigenvalue weighted by Gasteiger charge is 2.21. The number of rotatable bonds is 6. The number of anilines is 2. The topological polar surface area (TPSA) is 101 Å². The number of ether oxygens (including phenoxy) is 1. The van der Waals surface area contributed by atoms with Crippen molar-refractivity contribution in [2.75, 3.05) is 22.7 Å². The van der Waals surface area contributed by atoms with Crippen LogP contribution in [0.4, 0.5) is 11.4 Å². The molecule has 3 amide bonds. The molecular weight excluding hydrogens is 592 g/mol. The van der Waals surface area contributed by atoms with Gasteiger partial charge in [-0.05, 0) is 86.1 Å². The number of fused-ring (bicyclic) bond motifs is 1. The highest BCUT2D eigenvalue weighted by Crippen LogP contribution is 2.25. The molecule has 1 aromatic heterocycles. The summed E-state index contributed by atoms with van der Waals surface area (Å²) in [5, 5.41) is 6.09. The number of hydrogen-bond donors (Lipinski definition) is 3. The van der Waals surface area contributed by atoms with Gasteiger partial charge in [0, 0.05) is 25.7 Å². The summed E-state index contributed by atoms with van der Waals surface area (Å²) < 4.78 is 8.43. The molecule has 1 heterocycles. The number of aryl methyl sites for hydroxylation is 1. The van der Waals surface area contributed by atoms with Crippen LogP contribution in [0.5, 0.6) is 5.75 Å². The van der Waals surface area contributed by atoms with E-state index in [1.807, 2.05) is 19.9 Å². The summed E-state index contributed by atoms with van der Waals surface area (Å²) in [5.74, 6) is -1.57. The molecule has 0 aliphatic rings. The van der Waals surface area contributed by atoms with E-state index < -0.39 is 17.7 Å². The van der Waals surface area contributed by atoms with Gasteiger partial charge in [0.15, 0.2) is 0 Å². The van der Waals surface area contributed by atoms with Crippen molar-refractivity contribution in [1.82, 2.24) is 4.68 Å². The molecular formula is C26H22Br2N4O4. The van der Waals surface area contributed by atoms with Crippen LogP contribution in [0.15, 0.2) is 75.7 Å². The molecule has 184 valence electrons. The zero-order valence-electron chi connectivity index (χ0n) is 19.4. The fraction of sp³-hybridized carbons (Fsp3) is 0.115. The largest absolute Gasteiger partial charge is 0.494 e. The number of nitrogens with zero attached hydrogens (tertiary/aromatic N) is 1. The van der Waals surface area contributed by atoms with E-state index in [0.29, 0.717) is 34.6 Å². The molecule has 4 aromatic rings. The third-order valence-corrected chi connectivity index (χ3v) is 6.64. The summed E-state index contributed by atoms with van der Waals surface area (Å²) in [6, 6.07) is 19.1. The predicted molar refractivity (Wildman–Crippen MR) is 147 cm³/mol. The Morgan fingerprint density at radius 3 is 2.28 bits per heavy atom. The molecule has 0 spiro atoms. The zero-order valence-corrected chi connectivity index (χ0v) is 22.6. The molecule has 10 heteroatoms. The number of nitrogens with one attached hydrogen (secondary N) is 3. The number of aromatic nitrogens is 1. The second-order valence-corrected chi connectivity index (χ2v) is 9.61. The van der Waals surface area contributed by atoms with Crippen molar-refractivity contribution in [3.05, 3.63) is 86.9 Å². The third-order valence-electron chi connectivity index (χ3n) is 5.25. The lowest BCUT2D eigenvalue weighted by atomic mass is 10.2. The van der Waals surface area contributed by atoms with Crippen molar-refractivity contribution < 1.29 is 19.1 Å². The average Bonchev–Trinajstić information content (AvgIpc) is 3.20. The molecule has 0 bridgehead atoms. The van der Waals surface area contributed by atoms with Crippen LogP contribution in [0.2, 0.25) is 0 Å². The van der Waals surface area contributed by atoms with E-state index in [1.54, 1.807) is 60.7 Å². The summed E-state index contributed by atoms with van der Waals surface area (Å²) in [6.07, 6.45) is 0. The van der Waals surface area contributed by atoms with Gasteiger partial charge in [-0.15, -0.1) is 0 Å². The lowest BCUT2D eigenvalue weighted by Crippen LogP contribution is -2.36. The van der Waals surface area contributed by atoms with Gasteiger partial charge in [-0.3, -0.25) is 19.8 Å². The lowest BCUT2D eigenvalue weighted by molar-refractivity contribution is -0.133. The number of carbonyl (C=O) groups is 3. The van der Waals surface area contributed by atoms with Gasteiger partial charge in [-0.1, -0.05) is 31.9 Å². The normalized spacial score (nSPS) is 10.7. The van der Waals surface area contributed by atoms with E-state index in [2.05, 4.69) is 47.9 Å². The first-order chi connectivity index (χ1) is 17.2. The fourth-order valence-corrected chi connectivity index (χ4v) is 4.16. The first-order valence-electron chi connectivity index (χ1n) is 11.0. The average molecular weight is 614 g/mol. The van der Waals surface area contributed by atoms with Crippen molar-refractivity contribution in [1.29, 1.82) is 0 Å². The predicted octanol–water partition coefficient (Wildman–Crippen LogP) is 5.83. The Bertz CT molecular complexity index is 1470. The smallest absolute Gasteiger partial charge is 0.328 e. The highest BCUT2D eigenvalue weighted by molar-refractivity contribution is 9.10. The third kappa shape index (κ3) is 5.77. The summed E-state index contributed by atoms with van der Waals surface area (Å²) in [5.41, 5.74) is 5.19. The first-order valence-corrected chi connectivity index (χ1v) is 12.6. The van der Waals surface area contributed by atoms with Crippen LogP contribution in [0.25, 0.3) is 10.9 Å². The number of benzene rings is 3. The molecule has 8 nitrogen and oxygen atoms in total. The fourth-order valence-electron chi connectivity index (χ4n) is 3.53. The standard InChI is InChI=1S/C26H22Br2N4O4/c1-3-36-20-8-5-18(6-9-20)29-24(33)23-14-16-13-17(27)4-11-22(16)32(23)31-26(35)25(34)30-19-7-10-21(28)15(2)12-19/h4-14H,3H2,1-2H3,(H,29,33)(H,30,34)(H,31,35). The van der Waals surface area contributed by atoms with Gasteiger partial charge in [-0.25, -0.2) is 4.68 Å². The van der Waals surface area contributed by atoms with Gasteiger partial charge in [0.1, 0.15) is 11.4 Å². The molecule has 3 N–H and O–H groups in total. The summed E-state index contributed by atoms with van der Waals surface area (Å²) in [4.78, 5) is 38.6. The molecule has 0 atom stereocenters. The van der Waals surface area contributed by atoms with E-state index in [1.165, 1.54) is 4.68 Å². The SMILES string of the molecule is CCOc1ccc(NC(=O)c2cc3cc(Br)ccc3n2NC(=O)C(=O)Nc2ccc(Br)c(C)c2)cc1. The van der Waals surface area contributed by atoms with Crippen molar-refractivity contribution in [2.45, 2.75) is 13.8 Å². The van der Waals surface area contributed by atoms with Crippen LogP contribution < -0.4 is 20.8 Å². The number of hydrogen-bond acceptors (Lipinski definition) is 4. The molecule has 0 saturated heterocycles. The molecule has 0 unspecified atom stereocenters. The van der Waals surface area contributed by atoms with E-state index in [4.69, 9.17) is 4.74 Å². The molecule has 36 heavy (non-hydrogen) atoms. The second kappa shape index (κ2) is 11.0. The Balaban J connectivity index is 1.58. The van der Waals surface area contributed by atoms with Crippen LogP contribution in [0, 0.1) is 6.92 Å². The number of carbonyl (C=O) groups excluding carboxylic acids is 3. The monoisotopic (exact) mass is 612 g/mol. The molecule has 0 saturated carbocycles. The van der Waals surface area contributed by atoms with Crippen molar-refractivity contribution in [2.24, 2.45) is 0 Å². The van der Waals surface area contributed by atoms with E-state index in [-0.39, 0.29) is 5.69 Å². The Labute approximate surface area is 224 Å². The number of halogens is 2. The maximum absolute atomic E-state index is 13.2. The van der Waals surface area contributed by atoms with Gasteiger partial charge in [-0.2, -0.15) is 0 Å². The first kappa shape index (κ1) is 25.5. The summed E-state index contributed by atoms with van der Waals surface area (Å²) in [6.45, 7) is 4.30. The van der Waals surface area contributed by atoms with Crippen LogP contribution in [-0.4, -0.2) is 29.0 Å². The Morgan fingerprint density at radius 1 is 0.861 bits per heavy atom. The molecule has 3 aromatic carbocycles. The van der Waals surface area contributed by atoms with Crippen LogP contribution in [-0.2, 0) is 9.59 Å². The van der Waals surface area contributed by atoms with E-state index in [0.717, 1.165) is 14.5 Å². The van der Waals surface area contributed by atoms with Gasteiger partial charge in [0.2, 0.25) is 0 Å². The van der Waals surface area contributed by atoms with Crippen molar-refractivity contribution in [3.63, 3.8) is 0 Å². The maximum atomic E-state index is 13.2. The Morgan fingerprint density at radius 2 is 1.58 bits per heavy atom. The van der Waals surface area contributed by atoms with Gasteiger partial charge in [0.05, 0.1) is 12.1 Å². The van der Waals surface area contributed by atoms with E-state index in [9.17, 15) is 14.4 Å². The molecule has 0 aliphatic heterocycles. The van der Waals surface area contributed by atoms with Gasteiger partial charge >= 0.3 is 11.8 Å². The quantitative estimate of drug-likeness (QED) is 0.238. The van der Waals surface area contributed by atoms with Crippen LogP contribution in [0.3, 0.4) is 0 Å². The summed E-state index contributed by atoms with van der Waals surface area (Å²) in [7, 11) is 0. The van der Waals surface area contributed by atoms with Gasteiger partial charge < -0.3 is 15.4 Å². The Hall–Kier alpha value is -3.63. The minimum atomic E-state index is -0.925. The minimum absolute atomic E-state index is 0.151. The lowest BCUT2D eigenvalue weighted by Gasteiger charge is -2.13. The molecule has 0 aliphatic carbocycles. The molecule has 0 fully saturated rings. The molecule has 0 radical (unpaired) electrons. The maximum Gasteiger partial charge on any atom is 0.328 e. The summed E-state index contributed by atoms with van der Waals surface area (Å²) >= 11 is 6.83. The van der Waals surface area contributed by atoms with Crippen molar-refractivity contribution >= 4 is 71.9 Å². The minimum Gasteiger partial charge on any atom is -0.494 e. The molecule has 4 rings (SSSR count). The highest BCUT2D eigenvalue weighted by atomic mass is 79.9. The van der Waals surface area contributed by atoms with Crippen LogP contribution >= 0.6 is 31.9 Å². The van der Waals surface area contributed by atoms with E-state index >= 15 is 0 Å². The number of amides is 3. The van der Waals surface area contributed by atoms with Gasteiger partial charge in [0.25, 0.3) is 5.91 Å². The Kier molecular flexibility index (Phi) is 7.76. The second-order valence-electron chi connectivity index (χ2n) is 7.84. The van der Waals surface area contributed by atoms with Crippen molar-refractivity contribution in [3.8, 4) is 5.75 Å². The zero-order chi connectivity index (χ0) is 25.8.